The van der Waals surface area contributed by atoms with Gasteiger partial charge in [-0.05, 0) is 134 Å². The van der Waals surface area contributed by atoms with Gasteiger partial charge in [-0.25, -0.2) is 0 Å². The van der Waals surface area contributed by atoms with Crippen LogP contribution >= 0.6 is 0 Å². The van der Waals surface area contributed by atoms with Crippen molar-refractivity contribution in [3.63, 3.8) is 0 Å². The second-order valence-electron chi connectivity index (χ2n) is 17.0. The van der Waals surface area contributed by atoms with E-state index < -0.39 is 6.10 Å². The Bertz CT molecular complexity index is 2540. The summed E-state index contributed by atoms with van der Waals surface area (Å²) in [7, 11) is 3.14. The molecule has 3 atom stereocenters. The number of carbonyl (C=O) groups is 2. The molecule has 4 aromatic carbocycles. The summed E-state index contributed by atoms with van der Waals surface area (Å²) < 4.78 is 45.2. The molecule has 0 bridgehead atoms. The third-order valence-corrected chi connectivity index (χ3v) is 12.0. The highest BCUT2D eigenvalue weighted by atomic mass is 16.6. The van der Waals surface area contributed by atoms with E-state index in [0.717, 1.165) is 35.1 Å². The molecule has 0 amide bonds. The Morgan fingerprint density at radius 1 is 0.552 bits per heavy atom. The second kappa shape index (κ2) is 22.5. The largest absolute Gasteiger partial charge is 0.493 e. The number of epoxide rings is 2. The first kappa shape index (κ1) is 47.3. The van der Waals surface area contributed by atoms with Crippen LogP contribution in [0.2, 0.25) is 0 Å². The van der Waals surface area contributed by atoms with Gasteiger partial charge in [-0.15, -0.1) is 0 Å². The van der Waals surface area contributed by atoms with Gasteiger partial charge in [-0.3, -0.25) is 9.59 Å². The smallest absolute Gasteiger partial charge is 0.185 e. The summed E-state index contributed by atoms with van der Waals surface area (Å²) in [5.41, 5.74) is 7.24. The van der Waals surface area contributed by atoms with E-state index in [9.17, 15) is 24.9 Å². The topological polar surface area (TPSA) is 175 Å². The minimum Gasteiger partial charge on any atom is -0.493 e. The fourth-order valence-corrected chi connectivity index (χ4v) is 8.12. The predicted octanol–water partition coefficient (Wildman–Crippen LogP) is 7.89. The number of Topliss-reactive ketones (excluding diaryl/α,β-unsaturated/α-hetero) is 2. The zero-order valence-corrected chi connectivity index (χ0v) is 38.0. The van der Waals surface area contributed by atoms with Crippen molar-refractivity contribution in [2.24, 2.45) is 0 Å². The monoisotopic (exact) mass is 914 g/mol. The van der Waals surface area contributed by atoms with Crippen LogP contribution in [0.1, 0.15) is 78.3 Å². The van der Waals surface area contributed by atoms with Gasteiger partial charge in [0, 0.05) is 39.8 Å². The lowest BCUT2D eigenvalue weighted by Crippen LogP contribution is -2.21. The van der Waals surface area contributed by atoms with E-state index in [-0.39, 0.29) is 56.6 Å². The lowest BCUT2D eigenvalue weighted by Gasteiger charge is -2.18. The Morgan fingerprint density at radius 3 is 1.36 bits per heavy atom. The van der Waals surface area contributed by atoms with Crippen LogP contribution in [0.25, 0.3) is 24.3 Å². The average Bonchev–Trinajstić information content (AvgIpc) is 4.30. The number of benzene rings is 4. The lowest BCUT2D eigenvalue weighted by molar-refractivity contribution is -0.113. The number of carbonyl (C=O) groups excluding carboxylic acids is 2. The van der Waals surface area contributed by atoms with Gasteiger partial charge in [0.25, 0.3) is 0 Å². The van der Waals surface area contributed by atoms with Crippen LogP contribution in [0, 0.1) is 0 Å². The molecule has 2 saturated heterocycles. The van der Waals surface area contributed by atoms with E-state index in [2.05, 4.69) is 0 Å². The van der Waals surface area contributed by atoms with Crippen molar-refractivity contribution in [1.82, 2.24) is 0 Å². The van der Waals surface area contributed by atoms with Crippen molar-refractivity contribution in [1.29, 1.82) is 0 Å². The van der Waals surface area contributed by atoms with Crippen LogP contribution in [-0.4, -0.2) is 99.1 Å². The molecule has 2 aliphatic carbocycles. The van der Waals surface area contributed by atoms with Gasteiger partial charge >= 0.3 is 0 Å². The molecule has 3 unspecified atom stereocenters. The molecule has 0 radical (unpaired) electrons. The number of methoxy groups -OCH3 is 2. The van der Waals surface area contributed by atoms with Crippen LogP contribution < -0.4 is 28.4 Å². The average molecular weight is 915 g/mol. The third-order valence-electron chi connectivity index (χ3n) is 12.0. The van der Waals surface area contributed by atoms with Crippen LogP contribution in [0.5, 0.6) is 34.5 Å². The second-order valence-corrected chi connectivity index (χ2v) is 17.0. The quantitative estimate of drug-likeness (QED) is 0.0544. The van der Waals surface area contributed by atoms with Crippen LogP contribution in [0.15, 0.2) is 95.1 Å². The van der Waals surface area contributed by atoms with Gasteiger partial charge in [-0.2, -0.15) is 0 Å². The molecule has 4 aromatic rings. The number of ether oxygens (including phenoxy) is 8. The number of aliphatic hydroxyl groups is 3. The van der Waals surface area contributed by atoms with Gasteiger partial charge < -0.3 is 53.2 Å². The molecule has 2 heterocycles. The molecule has 0 spiro atoms. The maximum absolute atomic E-state index is 13.6. The van der Waals surface area contributed by atoms with Gasteiger partial charge in [0.15, 0.2) is 34.6 Å². The van der Waals surface area contributed by atoms with E-state index in [1.165, 1.54) is 0 Å². The first-order valence-corrected chi connectivity index (χ1v) is 22.9. The summed E-state index contributed by atoms with van der Waals surface area (Å²) in [4.78, 5) is 27.2. The highest BCUT2D eigenvalue weighted by Gasteiger charge is 2.26. The fraction of sp³-hybridized carbons (Fsp3) is 0.370. The van der Waals surface area contributed by atoms with Crippen molar-refractivity contribution < 1.29 is 62.8 Å². The van der Waals surface area contributed by atoms with Crippen molar-refractivity contribution >= 4 is 35.9 Å². The van der Waals surface area contributed by atoms with E-state index in [1.807, 2.05) is 78.9 Å². The zero-order chi connectivity index (χ0) is 46.7. The van der Waals surface area contributed by atoms with Crippen molar-refractivity contribution in [2.75, 3.05) is 53.9 Å². The Kier molecular flexibility index (Phi) is 15.9. The molecule has 4 fully saturated rings. The molecule has 2 saturated carbocycles. The molecular weight excluding hydrogens is 857 g/mol. The van der Waals surface area contributed by atoms with E-state index in [0.29, 0.717) is 120 Å². The van der Waals surface area contributed by atoms with Crippen LogP contribution in [0.3, 0.4) is 0 Å². The van der Waals surface area contributed by atoms with Crippen molar-refractivity contribution in [3.8, 4) is 34.5 Å². The standard InChI is InChI=1S/C54H58O13/c1-60-51-25-36(21-40-7-3-6-39(53(40)58)20-35-10-14-48(43(24-35)28-56)66-32-45-30-63-45)11-15-49(51)62-18-17-44(57)29-65-47-13-9-34(23-42(47)27-55)19-38-5-4-8-41(54(38)59)22-37-12-16-50(52(26-37)61-2)67-33-46-31-64-46/h9-16,19-26,44-46,55-57H,3-8,17-18,27-33H2,1-2H3. The summed E-state index contributed by atoms with van der Waals surface area (Å²) >= 11 is 0. The highest BCUT2D eigenvalue weighted by molar-refractivity contribution is 6.14. The fourth-order valence-electron chi connectivity index (χ4n) is 8.12. The number of aliphatic hydroxyl groups excluding tert-OH is 3. The highest BCUT2D eigenvalue weighted by Crippen LogP contribution is 2.35. The zero-order valence-electron chi connectivity index (χ0n) is 38.0. The third kappa shape index (κ3) is 12.8. The molecule has 13 heteroatoms. The van der Waals surface area contributed by atoms with E-state index >= 15 is 0 Å². The molecule has 2 aliphatic heterocycles. The minimum absolute atomic E-state index is 0.0108. The Labute approximate surface area is 390 Å². The number of allylic oxidation sites excluding steroid dienone is 4. The first-order chi connectivity index (χ1) is 32.7. The summed E-state index contributed by atoms with van der Waals surface area (Å²) in [5, 5.41) is 31.0. The maximum atomic E-state index is 13.6. The molecular formula is C54H58O13. The lowest BCUT2D eigenvalue weighted by atomic mass is 9.86. The van der Waals surface area contributed by atoms with Crippen LogP contribution in [0.4, 0.5) is 0 Å². The number of hydrogen-bond acceptors (Lipinski definition) is 13. The Hall–Kier alpha value is -6.22. The maximum Gasteiger partial charge on any atom is 0.185 e. The minimum atomic E-state index is -0.863. The van der Waals surface area contributed by atoms with Gasteiger partial charge in [0.05, 0.1) is 53.4 Å². The molecule has 13 nitrogen and oxygen atoms in total. The Balaban J connectivity index is 0.825. The number of hydrogen-bond donors (Lipinski definition) is 3. The molecule has 67 heavy (non-hydrogen) atoms. The van der Waals surface area contributed by atoms with Gasteiger partial charge in [-0.1, -0.05) is 24.3 Å². The Morgan fingerprint density at radius 2 is 0.940 bits per heavy atom. The van der Waals surface area contributed by atoms with Crippen molar-refractivity contribution in [2.45, 2.75) is 76.5 Å². The molecule has 0 aromatic heterocycles. The molecule has 8 rings (SSSR count). The number of ketones is 2. The summed E-state index contributed by atoms with van der Waals surface area (Å²) in [6.07, 6.45) is 11.5. The molecule has 3 N–H and O–H groups in total. The summed E-state index contributed by atoms with van der Waals surface area (Å²) in [6.45, 7) is 2.00. The number of rotatable bonds is 21. The first-order valence-electron chi connectivity index (χ1n) is 22.9. The van der Waals surface area contributed by atoms with E-state index in [4.69, 9.17) is 37.9 Å². The predicted molar refractivity (Wildman–Crippen MR) is 252 cm³/mol. The normalized spacial score (nSPS) is 20.9. The SMILES string of the molecule is COc1cc(C=C2CCCC(=Cc3ccc(OCC4CO4)c(CO)c3)C2=O)ccc1OCCC(O)COc1ccc(C=C2CCCC(=Cc3ccc(OCC4CO4)c(OC)c3)C2=O)cc1CO. The van der Waals surface area contributed by atoms with Crippen LogP contribution in [-0.2, 0) is 32.3 Å². The van der Waals surface area contributed by atoms with Crippen molar-refractivity contribution in [3.05, 3.63) is 128 Å². The van der Waals surface area contributed by atoms with Gasteiger partial charge in [0.1, 0.15) is 43.5 Å². The molecule has 4 aliphatic rings. The summed E-state index contributed by atoms with van der Waals surface area (Å²) in [6, 6.07) is 22.0. The molecule has 352 valence electrons. The van der Waals surface area contributed by atoms with E-state index in [1.54, 1.807) is 32.4 Å². The summed E-state index contributed by atoms with van der Waals surface area (Å²) in [5.74, 6) is 3.24. The van der Waals surface area contributed by atoms with Gasteiger partial charge in [0.2, 0.25) is 0 Å².